The van der Waals surface area contributed by atoms with Crippen molar-refractivity contribution in [1.29, 1.82) is 0 Å². The lowest BCUT2D eigenvalue weighted by Crippen LogP contribution is -2.23. The van der Waals surface area contributed by atoms with E-state index in [-0.39, 0.29) is 0 Å². The van der Waals surface area contributed by atoms with Crippen LogP contribution in [0.2, 0.25) is 5.02 Å². The fourth-order valence-corrected chi connectivity index (χ4v) is 2.35. The van der Waals surface area contributed by atoms with Crippen LogP contribution in [-0.4, -0.2) is 25.1 Å². The molecular formula is C16H17BrClNO. The fraction of sp³-hybridized carbons (Fsp3) is 0.250. The van der Waals surface area contributed by atoms with Crippen LogP contribution in [0.25, 0.3) is 0 Å². The highest BCUT2D eigenvalue weighted by Crippen LogP contribution is 2.16. The third-order valence-electron chi connectivity index (χ3n) is 2.90. The second-order valence-electron chi connectivity index (χ2n) is 4.67. The smallest absolute Gasteiger partial charge is 0.119 e. The first-order valence-corrected chi connectivity index (χ1v) is 7.62. The first-order valence-electron chi connectivity index (χ1n) is 6.45. The zero-order valence-corrected chi connectivity index (χ0v) is 13.7. The average Bonchev–Trinajstić information content (AvgIpc) is 2.41. The summed E-state index contributed by atoms with van der Waals surface area (Å²) in [6.07, 6.45) is 0. The Bertz CT molecular complexity index is 544. The molecule has 106 valence electrons. The first-order chi connectivity index (χ1) is 9.63. The van der Waals surface area contributed by atoms with Crippen molar-refractivity contribution in [1.82, 2.24) is 4.90 Å². The molecule has 0 atom stereocenters. The number of halogens is 2. The van der Waals surface area contributed by atoms with Gasteiger partial charge in [0, 0.05) is 22.6 Å². The Balaban J connectivity index is 1.75. The maximum atomic E-state index is 5.98. The summed E-state index contributed by atoms with van der Waals surface area (Å²) in [6.45, 7) is 2.39. The van der Waals surface area contributed by atoms with Crippen LogP contribution in [0.4, 0.5) is 0 Å². The third kappa shape index (κ3) is 5.16. The minimum absolute atomic E-state index is 0.665. The van der Waals surface area contributed by atoms with E-state index in [0.29, 0.717) is 6.61 Å². The summed E-state index contributed by atoms with van der Waals surface area (Å²) in [6, 6.07) is 15.8. The van der Waals surface area contributed by atoms with E-state index in [0.717, 1.165) is 28.3 Å². The Kier molecular flexibility index (Phi) is 5.89. The van der Waals surface area contributed by atoms with Crippen molar-refractivity contribution in [2.45, 2.75) is 6.54 Å². The molecule has 0 unspecified atom stereocenters. The van der Waals surface area contributed by atoms with Crippen LogP contribution in [0.3, 0.4) is 0 Å². The molecule has 0 N–H and O–H groups in total. The van der Waals surface area contributed by atoms with Crippen LogP contribution >= 0.6 is 27.5 Å². The molecule has 2 aromatic carbocycles. The molecule has 0 amide bonds. The van der Waals surface area contributed by atoms with Gasteiger partial charge in [0.1, 0.15) is 12.4 Å². The van der Waals surface area contributed by atoms with E-state index in [1.807, 2.05) is 42.5 Å². The Morgan fingerprint density at radius 1 is 1.15 bits per heavy atom. The molecule has 0 saturated heterocycles. The molecule has 2 nitrogen and oxygen atoms in total. The minimum Gasteiger partial charge on any atom is -0.492 e. The van der Waals surface area contributed by atoms with E-state index in [9.17, 15) is 0 Å². The van der Waals surface area contributed by atoms with E-state index in [1.165, 1.54) is 5.56 Å². The number of likely N-dealkylation sites (N-methyl/N-ethyl adjacent to an activating group) is 1. The number of rotatable bonds is 6. The van der Waals surface area contributed by atoms with E-state index in [1.54, 1.807) is 0 Å². The minimum atomic E-state index is 0.665. The van der Waals surface area contributed by atoms with Crippen molar-refractivity contribution in [2.24, 2.45) is 0 Å². The van der Waals surface area contributed by atoms with Gasteiger partial charge in [-0.2, -0.15) is 0 Å². The molecule has 0 aliphatic rings. The molecule has 2 aromatic rings. The summed E-state index contributed by atoms with van der Waals surface area (Å²) in [7, 11) is 2.08. The predicted molar refractivity (Wildman–Crippen MR) is 87.4 cm³/mol. The highest BCUT2D eigenvalue weighted by molar-refractivity contribution is 9.10. The van der Waals surface area contributed by atoms with Crippen LogP contribution < -0.4 is 4.74 Å². The molecule has 20 heavy (non-hydrogen) atoms. The summed E-state index contributed by atoms with van der Waals surface area (Å²) in [5.41, 5.74) is 1.21. The molecule has 0 fully saturated rings. The normalized spacial score (nSPS) is 10.8. The van der Waals surface area contributed by atoms with E-state index < -0.39 is 0 Å². The average molecular weight is 355 g/mol. The molecule has 0 aliphatic carbocycles. The monoisotopic (exact) mass is 353 g/mol. The van der Waals surface area contributed by atoms with Gasteiger partial charge in [0.2, 0.25) is 0 Å². The number of nitrogens with zero attached hydrogens (tertiary/aromatic N) is 1. The maximum Gasteiger partial charge on any atom is 0.119 e. The molecule has 0 aromatic heterocycles. The second-order valence-corrected chi connectivity index (χ2v) is 6.02. The molecule has 0 bridgehead atoms. The van der Waals surface area contributed by atoms with Gasteiger partial charge in [-0.25, -0.2) is 0 Å². The highest BCUT2D eigenvalue weighted by atomic mass is 79.9. The second kappa shape index (κ2) is 7.67. The topological polar surface area (TPSA) is 12.5 Å². The Morgan fingerprint density at radius 3 is 2.60 bits per heavy atom. The van der Waals surface area contributed by atoms with Gasteiger partial charge in [0.15, 0.2) is 0 Å². The van der Waals surface area contributed by atoms with Gasteiger partial charge in [-0.05, 0) is 49.0 Å². The van der Waals surface area contributed by atoms with E-state index in [2.05, 4.69) is 33.9 Å². The van der Waals surface area contributed by atoms with Crippen LogP contribution in [0.5, 0.6) is 5.75 Å². The van der Waals surface area contributed by atoms with Crippen molar-refractivity contribution in [3.63, 3.8) is 0 Å². The summed E-state index contributed by atoms with van der Waals surface area (Å²) in [5, 5.41) is 0.780. The number of hydrogen-bond donors (Lipinski definition) is 0. The molecule has 0 saturated carbocycles. The molecule has 4 heteroatoms. The Hall–Kier alpha value is -1.03. The van der Waals surface area contributed by atoms with Crippen molar-refractivity contribution in [2.75, 3.05) is 20.2 Å². The highest BCUT2D eigenvalue weighted by Gasteiger charge is 2.02. The lowest BCUT2D eigenvalue weighted by molar-refractivity contribution is 0.233. The SMILES string of the molecule is CN(CCOc1ccc(Br)cc1)Cc1cccc(Cl)c1. The predicted octanol–water partition coefficient (Wildman–Crippen LogP) is 4.61. The first kappa shape index (κ1) is 15.4. The lowest BCUT2D eigenvalue weighted by atomic mass is 10.2. The molecule has 0 heterocycles. The van der Waals surface area contributed by atoms with Gasteiger partial charge in [-0.15, -0.1) is 0 Å². The largest absolute Gasteiger partial charge is 0.492 e. The maximum absolute atomic E-state index is 5.98. The van der Waals surface area contributed by atoms with Gasteiger partial charge < -0.3 is 4.74 Å². The van der Waals surface area contributed by atoms with Gasteiger partial charge in [-0.1, -0.05) is 39.7 Å². The lowest BCUT2D eigenvalue weighted by Gasteiger charge is -2.17. The van der Waals surface area contributed by atoms with Crippen LogP contribution in [0, 0.1) is 0 Å². The van der Waals surface area contributed by atoms with Gasteiger partial charge in [0.25, 0.3) is 0 Å². The summed E-state index contributed by atoms with van der Waals surface area (Å²) < 4.78 is 6.76. The Labute approximate surface area is 133 Å². The molecule has 0 aliphatic heterocycles. The number of benzene rings is 2. The van der Waals surface area contributed by atoms with Gasteiger partial charge >= 0.3 is 0 Å². The summed E-state index contributed by atoms with van der Waals surface area (Å²) in [4.78, 5) is 2.21. The van der Waals surface area contributed by atoms with Crippen LogP contribution in [-0.2, 0) is 6.54 Å². The van der Waals surface area contributed by atoms with Gasteiger partial charge in [0.05, 0.1) is 0 Å². The van der Waals surface area contributed by atoms with E-state index >= 15 is 0 Å². The molecule has 2 rings (SSSR count). The quantitative estimate of drug-likeness (QED) is 0.751. The van der Waals surface area contributed by atoms with Crippen molar-refractivity contribution < 1.29 is 4.74 Å². The molecule has 0 radical (unpaired) electrons. The summed E-state index contributed by atoms with van der Waals surface area (Å²) >= 11 is 9.38. The van der Waals surface area contributed by atoms with E-state index in [4.69, 9.17) is 16.3 Å². The van der Waals surface area contributed by atoms with Gasteiger partial charge in [-0.3, -0.25) is 4.90 Å². The standard InChI is InChI=1S/C16H17BrClNO/c1-19(12-13-3-2-4-15(18)11-13)9-10-20-16-7-5-14(17)6-8-16/h2-8,11H,9-10,12H2,1H3. The van der Waals surface area contributed by atoms with Crippen LogP contribution in [0.1, 0.15) is 5.56 Å². The molecular weight excluding hydrogens is 338 g/mol. The van der Waals surface area contributed by atoms with Crippen molar-refractivity contribution >= 4 is 27.5 Å². The summed E-state index contributed by atoms with van der Waals surface area (Å²) in [5.74, 6) is 0.893. The fourth-order valence-electron chi connectivity index (χ4n) is 1.88. The number of hydrogen-bond acceptors (Lipinski definition) is 2. The zero-order chi connectivity index (χ0) is 14.4. The van der Waals surface area contributed by atoms with Crippen molar-refractivity contribution in [3.05, 3.63) is 63.6 Å². The molecule has 0 spiro atoms. The van der Waals surface area contributed by atoms with Crippen LogP contribution in [0.15, 0.2) is 53.0 Å². The Morgan fingerprint density at radius 2 is 1.90 bits per heavy atom. The number of ether oxygens (including phenoxy) is 1. The van der Waals surface area contributed by atoms with Crippen molar-refractivity contribution in [3.8, 4) is 5.75 Å². The third-order valence-corrected chi connectivity index (χ3v) is 3.66. The zero-order valence-electron chi connectivity index (χ0n) is 11.4.